The minimum Gasteiger partial charge on any atom is -0.466 e. The van der Waals surface area contributed by atoms with Gasteiger partial charge in [-0.3, -0.25) is 9.59 Å². The molecule has 5 nitrogen and oxygen atoms in total. The summed E-state index contributed by atoms with van der Waals surface area (Å²) in [6.45, 7) is 5.58. The molecule has 0 N–H and O–H groups in total. The van der Waals surface area contributed by atoms with Crippen LogP contribution >= 0.6 is 11.3 Å². The van der Waals surface area contributed by atoms with Crippen molar-refractivity contribution in [3.05, 3.63) is 41.2 Å². The summed E-state index contributed by atoms with van der Waals surface area (Å²) in [5.74, 6) is -4.30. The van der Waals surface area contributed by atoms with Gasteiger partial charge >= 0.3 is 5.97 Å². The van der Waals surface area contributed by atoms with E-state index in [1.165, 1.54) is 11.0 Å². The van der Waals surface area contributed by atoms with Gasteiger partial charge in [-0.1, -0.05) is 6.08 Å². The molecule has 0 saturated carbocycles. The van der Waals surface area contributed by atoms with Crippen molar-refractivity contribution in [2.45, 2.75) is 26.3 Å². The SMILES string of the molecule is C=CCN(Cc1nc2c(F)c(F)cc(F)c2s1)C(=O)CCC(=O)OCC. The molecule has 0 spiro atoms. The number of carbonyl (C=O) groups excluding carboxylic acids is 2. The van der Waals surface area contributed by atoms with Crippen LogP contribution in [0.5, 0.6) is 0 Å². The normalized spacial score (nSPS) is 10.8. The maximum Gasteiger partial charge on any atom is 0.306 e. The maximum absolute atomic E-state index is 13.8. The number of carbonyl (C=O) groups is 2. The first kappa shape index (κ1) is 19.9. The van der Waals surface area contributed by atoms with Gasteiger partial charge in [-0.15, -0.1) is 17.9 Å². The molecule has 0 aliphatic rings. The van der Waals surface area contributed by atoms with E-state index < -0.39 is 28.9 Å². The number of fused-ring (bicyclic) bond motifs is 1. The molecule has 0 aliphatic carbocycles. The standard InChI is InChI=1S/C17H17F3N2O3S/c1-3-7-22(13(23)5-6-14(24)25-4-2)9-12-21-16-15(20)10(18)8-11(19)17(16)26-12/h3,8H,1,4-7,9H2,2H3. The highest BCUT2D eigenvalue weighted by Crippen LogP contribution is 2.29. The van der Waals surface area contributed by atoms with E-state index in [2.05, 4.69) is 11.6 Å². The topological polar surface area (TPSA) is 59.5 Å². The predicted molar refractivity (Wildman–Crippen MR) is 91.0 cm³/mol. The average Bonchev–Trinajstić information content (AvgIpc) is 3.02. The van der Waals surface area contributed by atoms with E-state index in [1.54, 1.807) is 6.92 Å². The van der Waals surface area contributed by atoms with Crippen LogP contribution in [0.2, 0.25) is 0 Å². The lowest BCUT2D eigenvalue weighted by Crippen LogP contribution is -2.31. The molecular weight excluding hydrogens is 369 g/mol. The highest BCUT2D eigenvalue weighted by Gasteiger charge is 2.20. The van der Waals surface area contributed by atoms with E-state index in [1.807, 2.05) is 0 Å². The summed E-state index contributed by atoms with van der Waals surface area (Å²) in [5.41, 5.74) is -0.403. The van der Waals surface area contributed by atoms with Gasteiger partial charge in [0.05, 0.1) is 24.3 Å². The van der Waals surface area contributed by atoms with E-state index >= 15 is 0 Å². The van der Waals surface area contributed by atoms with Gasteiger partial charge in [0.1, 0.15) is 16.3 Å². The van der Waals surface area contributed by atoms with Gasteiger partial charge in [0, 0.05) is 19.0 Å². The number of thiazole rings is 1. The molecule has 0 aliphatic heterocycles. The fourth-order valence-electron chi connectivity index (χ4n) is 2.27. The monoisotopic (exact) mass is 386 g/mol. The molecule has 9 heteroatoms. The molecule has 1 amide bonds. The molecule has 1 aromatic heterocycles. The van der Waals surface area contributed by atoms with E-state index in [0.717, 1.165) is 11.3 Å². The second kappa shape index (κ2) is 8.79. The van der Waals surface area contributed by atoms with Gasteiger partial charge in [-0.2, -0.15) is 0 Å². The molecular formula is C17H17F3N2O3S. The quantitative estimate of drug-likeness (QED) is 0.395. The number of halogens is 3. The number of hydrogen-bond donors (Lipinski definition) is 0. The Morgan fingerprint density at radius 2 is 2.04 bits per heavy atom. The van der Waals surface area contributed by atoms with Gasteiger partial charge in [-0.25, -0.2) is 18.2 Å². The van der Waals surface area contributed by atoms with Crippen molar-refractivity contribution in [2.24, 2.45) is 0 Å². The van der Waals surface area contributed by atoms with Crippen molar-refractivity contribution in [3.63, 3.8) is 0 Å². The molecule has 2 aromatic rings. The first-order valence-corrected chi connectivity index (χ1v) is 8.66. The number of amides is 1. The lowest BCUT2D eigenvalue weighted by molar-refractivity contribution is -0.145. The van der Waals surface area contributed by atoms with Crippen molar-refractivity contribution in [1.82, 2.24) is 9.88 Å². The average molecular weight is 386 g/mol. The summed E-state index contributed by atoms with van der Waals surface area (Å²) >= 11 is 0.838. The van der Waals surface area contributed by atoms with E-state index in [-0.39, 0.29) is 48.2 Å². The molecule has 0 saturated heterocycles. The van der Waals surface area contributed by atoms with Crippen LogP contribution in [-0.4, -0.2) is 34.9 Å². The molecule has 0 atom stereocenters. The second-order valence-electron chi connectivity index (χ2n) is 5.31. The first-order valence-electron chi connectivity index (χ1n) is 7.84. The van der Waals surface area contributed by atoms with Crippen LogP contribution < -0.4 is 0 Å². The molecule has 0 radical (unpaired) electrons. The minimum atomic E-state index is -1.32. The van der Waals surface area contributed by atoms with Crippen LogP contribution in [-0.2, 0) is 20.9 Å². The van der Waals surface area contributed by atoms with Gasteiger partial charge < -0.3 is 9.64 Å². The number of nitrogens with zero attached hydrogens (tertiary/aromatic N) is 2. The number of hydrogen-bond acceptors (Lipinski definition) is 5. The van der Waals surface area contributed by atoms with Crippen molar-refractivity contribution in [1.29, 1.82) is 0 Å². The summed E-state index contributed by atoms with van der Waals surface area (Å²) in [6.07, 6.45) is 1.33. The maximum atomic E-state index is 13.8. The van der Waals surface area contributed by atoms with Gasteiger partial charge in [0.15, 0.2) is 11.6 Å². The Morgan fingerprint density at radius 3 is 2.69 bits per heavy atom. The van der Waals surface area contributed by atoms with Crippen molar-refractivity contribution in [2.75, 3.05) is 13.2 Å². The Kier molecular flexibility index (Phi) is 6.73. The summed E-state index contributed by atoms with van der Waals surface area (Å²) < 4.78 is 45.5. The molecule has 2 rings (SSSR count). The number of esters is 1. The van der Waals surface area contributed by atoms with Crippen molar-refractivity contribution in [3.8, 4) is 0 Å². The second-order valence-corrected chi connectivity index (χ2v) is 6.39. The largest absolute Gasteiger partial charge is 0.466 e. The number of benzene rings is 1. The van der Waals surface area contributed by atoms with Crippen LogP contribution in [0.1, 0.15) is 24.8 Å². The van der Waals surface area contributed by atoms with E-state index in [9.17, 15) is 22.8 Å². The molecule has 0 unspecified atom stereocenters. The van der Waals surface area contributed by atoms with Crippen molar-refractivity contribution < 1.29 is 27.5 Å². The van der Waals surface area contributed by atoms with Crippen molar-refractivity contribution >= 4 is 33.4 Å². The van der Waals surface area contributed by atoms with Crippen LogP contribution in [0, 0.1) is 17.5 Å². The number of rotatable bonds is 8. The third kappa shape index (κ3) is 4.60. The van der Waals surface area contributed by atoms with Gasteiger partial charge in [-0.05, 0) is 6.92 Å². The third-order valence-electron chi connectivity index (χ3n) is 3.44. The zero-order valence-corrected chi connectivity index (χ0v) is 14.9. The highest BCUT2D eigenvalue weighted by molar-refractivity contribution is 7.18. The summed E-state index contributed by atoms with van der Waals surface area (Å²) in [4.78, 5) is 28.9. The fraction of sp³-hybridized carbons (Fsp3) is 0.353. The lowest BCUT2D eigenvalue weighted by Gasteiger charge is -2.19. The van der Waals surface area contributed by atoms with Crippen LogP contribution in [0.15, 0.2) is 18.7 Å². The van der Waals surface area contributed by atoms with Crippen LogP contribution in [0.25, 0.3) is 10.2 Å². The van der Waals surface area contributed by atoms with Gasteiger partial charge in [0.25, 0.3) is 0 Å². The van der Waals surface area contributed by atoms with E-state index in [0.29, 0.717) is 6.07 Å². The summed E-state index contributed by atoms with van der Waals surface area (Å²) in [5, 5.41) is 0.245. The molecule has 1 aromatic carbocycles. The highest BCUT2D eigenvalue weighted by atomic mass is 32.1. The van der Waals surface area contributed by atoms with Crippen LogP contribution in [0.3, 0.4) is 0 Å². The van der Waals surface area contributed by atoms with Gasteiger partial charge in [0.2, 0.25) is 5.91 Å². The molecule has 0 fully saturated rings. The Balaban J connectivity index is 2.16. The zero-order chi connectivity index (χ0) is 19.3. The minimum absolute atomic E-state index is 0.0342. The third-order valence-corrected chi connectivity index (χ3v) is 4.48. The van der Waals surface area contributed by atoms with E-state index in [4.69, 9.17) is 4.74 Å². The Labute approximate surface area is 152 Å². The fourth-order valence-corrected chi connectivity index (χ4v) is 3.25. The summed E-state index contributed by atoms with van der Waals surface area (Å²) in [7, 11) is 0. The Hall–Kier alpha value is -2.42. The Bertz CT molecular complexity index is 838. The smallest absolute Gasteiger partial charge is 0.306 e. The molecule has 140 valence electrons. The van der Waals surface area contributed by atoms with Crippen LogP contribution in [0.4, 0.5) is 13.2 Å². The molecule has 0 bridgehead atoms. The first-order chi connectivity index (χ1) is 12.4. The molecule has 26 heavy (non-hydrogen) atoms. The lowest BCUT2D eigenvalue weighted by atomic mass is 10.2. The Morgan fingerprint density at radius 1 is 1.31 bits per heavy atom. The molecule has 1 heterocycles. The predicted octanol–water partition coefficient (Wildman–Crippen LogP) is 3.57. The summed E-state index contributed by atoms with van der Waals surface area (Å²) in [6, 6.07) is 0.464. The number of ether oxygens (including phenoxy) is 1. The zero-order valence-electron chi connectivity index (χ0n) is 14.1. The number of aromatic nitrogens is 1.